The van der Waals surface area contributed by atoms with Gasteiger partial charge >= 0.3 is 0 Å². The molecule has 1 heterocycles. The second kappa shape index (κ2) is 5.54. The second-order valence-electron chi connectivity index (χ2n) is 5.17. The van der Waals surface area contributed by atoms with Crippen LogP contribution in [0.15, 0.2) is 28.7 Å². The quantitative estimate of drug-likeness (QED) is 0.853. The summed E-state index contributed by atoms with van der Waals surface area (Å²) in [5.74, 6) is 0.383. The molecule has 18 heavy (non-hydrogen) atoms. The molecule has 1 saturated heterocycles. The summed E-state index contributed by atoms with van der Waals surface area (Å²) >= 11 is 3.51. The molecular weight excluding hydrogens is 290 g/mol. The Morgan fingerprint density at radius 2 is 2.06 bits per heavy atom. The number of Topliss-reactive ketones (excluding diaryl/α,β-unsaturated/α-hetero) is 1. The van der Waals surface area contributed by atoms with E-state index in [4.69, 9.17) is 0 Å². The Bertz CT molecular complexity index is 436. The molecule has 2 nitrogen and oxygen atoms in total. The van der Waals surface area contributed by atoms with Crippen LogP contribution in [0.4, 0.5) is 0 Å². The Hall–Kier alpha value is -0.670. The van der Waals surface area contributed by atoms with Crippen molar-refractivity contribution in [2.45, 2.75) is 31.6 Å². The van der Waals surface area contributed by atoms with Crippen molar-refractivity contribution in [1.82, 2.24) is 4.90 Å². The fourth-order valence-corrected chi connectivity index (χ4v) is 3.25. The zero-order valence-electron chi connectivity index (χ0n) is 11.1. The van der Waals surface area contributed by atoms with Gasteiger partial charge in [0.25, 0.3) is 0 Å². The van der Waals surface area contributed by atoms with Gasteiger partial charge in [-0.3, -0.25) is 4.79 Å². The summed E-state index contributed by atoms with van der Waals surface area (Å²) in [6, 6.07) is 8.26. The van der Waals surface area contributed by atoms with Crippen LogP contribution >= 0.6 is 15.9 Å². The number of carbonyl (C=O) groups is 1. The van der Waals surface area contributed by atoms with E-state index in [1.807, 2.05) is 19.1 Å². The van der Waals surface area contributed by atoms with Crippen molar-refractivity contribution in [2.24, 2.45) is 0 Å². The molecule has 0 aromatic heterocycles. The van der Waals surface area contributed by atoms with E-state index in [0.717, 1.165) is 30.4 Å². The lowest BCUT2D eigenvalue weighted by atomic mass is 9.69. The third-order valence-electron chi connectivity index (χ3n) is 4.07. The summed E-state index contributed by atoms with van der Waals surface area (Å²) in [6.45, 7) is 3.97. The highest BCUT2D eigenvalue weighted by Gasteiger charge is 2.40. The molecule has 2 rings (SSSR count). The van der Waals surface area contributed by atoms with E-state index in [9.17, 15) is 4.79 Å². The number of hydrogen-bond acceptors (Lipinski definition) is 2. The summed E-state index contributed by atoms with van der Waals surface area (Å²) < 4.78 is 1.06. The Kier molecular flexibility index (Phi) is 4.23. The smallest absolute Gasteiger partial charge is 0.143 e. The SMILES string of the molecule is CCC(=O)C1(c2cccc(Br)c2)CCN(C)CC1. The van der Waals surface area contributed by atoms with Crippen LogP contribution in [0.2, 0.25) is 0 Å². The van der Waals surface area contributed by atoms with Crippen LogP contribution in [-0.4, -0.2) is 30.8 Å². The molecule has 0 spiro atoms. The fraction of sp³-hybridized carbons (Fsp3) is 0.533. The maximum Gasteiger partial charge on any atom is 0.143 e. The first kappa shape index (κ1) is 13.8. The zero-order valence-corrected chi connectivity index (χ0v) is 12.7. The van der Waals surface area contributed by atoms with Crippen molar-refractivity contribution in [3.63, 3.8) is 0 Å². The van der Waals surface area contributed by atoms with Crippen LogP contribution in [0.1, 0.15) is 31.7 Å². The standard InChI is InChI=1S/C15H20BrNO/c1-3-14(18)15(7-9-17(2)10-8-15)12-5-4-6-13(16)11-12/h4-6,11H,3,7-10H2,1-2H3. The molecule has 0 amide bonds. The minimum absolute atomic E-state index is 0.259. The van der Waals surface area contributed by atoms with Gasteiger partial charge in [-0.05, 0) is 50.7 Å². The normalized spacial score (nSPS) is 19.7. The predicted octanol–water partition coefficient (Wildman–Crippen LogP) is 3.39. The molecule has 1 aromatic carbocycles. The summed E-state index contributed by atoms with van der Waals surface area (Å²) in [5, 5.41) is 0. The first-order valence-corrected chi connectivity index (χ1v) is 7.35. The van der Waals surface area contributed by atoms with E-state index in [-0.39, 0.29) is 5.41 Å². The second-order valence-corrected chi connectivity index (χ2v) is 6.09. The number of benzene rings is 1. The average Bonchev–Trinajstić information content (AvgIpc) is 2.39. The number of piperidine rings is 1. The molecular formula is C15H20BrNO. The number of ketones is 1. The Labute approximate surface area is 117 Å². The van der Waals surface area contributed by atoms with Crippen LogP contribution < -0.4 is 0 Å². The van der Waals surface area contributed by atoms with Gasteiger partial charge in [-0.1, -0.05) is 35.0 Å². The van der Waals surface area contributed by atoms with Gasteiger partial charge in [0, 0.05) is 10.9 Å². The van der Waals surface area contributed by atoms with Crippen molar-refractivity contribution in [3.8, 4) is 0 Å². The van der Waals surface area contributed by atoms with Gasteiger partial charge in [-0.15, -0.1) is 0 Å². The van der Waals surface area contributed by atoms with Crippen LogP contribution in [0.3, 0.4) is 0 Å². The summed E-state index contributed by atoms with van der Waals surface area (Å²) in [7, 11) is 2.13. The highest BCUT2D eigenvalue weighted by atomic mass is 79.9. The van der Waals surface area contributed by atoms with E-state index < -0.39 is 0 Å². The molecule has 1 aliphatic rings. The molecule has 1 aliphatic heterocycles. The molecule has 0 unspecified atom stereocenters. The van der Waals surface area contributed by atoms with Gasteiger partial charge in [0.1, 0.15) is 5.78 Å². The van der Waals surface area contributed by atoms with E-state index in [1.165, 1.54) is 5.56 Å². The molecule has 0 aliphatic carbocycles. The Morgan fingerprint density at radius 3 is 2.61 bits per heavy atom. The first-order valence-electron chi connectivity index (χ1n) is 6.56. The summed E-state index contributed by atoms with van der Waals surface area (Å²) in [4.78, 5) is 14.8. The molecule has 0 bridgehead atoms. The van der Waals surface area contributed by atoms with Gasteiger partial charge in [-0.2, -0.15) is 0 Å². The van der Waals surface area contributed by atoms with Gasteiger partial charge < -0.3 is 4.90 Å². The molecule has 0 atom stereocenters. The van der Waals surface area contributed by atoms with Gasteiger partial charge in [0.2, 0.25) is 0 Å². The minimum atomic E-state index is -0.259. The lowest BCUT2D eigenvalue weighted by Gasteiger charge is -2.40. The number of halogens is 1. The third kappa shape index (κ3) is 2.52. The lowest BCUT2D eigenvalue weighted by molar-refractivity contribution is -0.126. The first-order chi connectivity index (χ1) is 8.58. The number of rotatable bonds is 3. The maximum atomic E-state index is 12.5. The van der Waals surface area contributed by atoms with Crippen molar-refractivity contribution in [1.29, 1.82) is 0 Å². The molecule has 98 valence electrons. The van der Waals surface area contributed by atoms with Gasteiger partial charge in [-0.25, -0.2) is 0 Å². The molecule has 0 radical (unpaired) electrons. The highest BCUT2D eigenvalue weighted by Crippen LogP contribution is 2.38. The van der Waals surface area contributed by atoms with E-state index in [2.05, 4.69) is 40.0 Å². The number of likely N-dealkylation sites (tertiary alicyclic amines) is 1. The monoisotopic (exact) mass is 309 g/mol. The topological polar surface area (TPSA) is 20.3 Å². The fourth-order valence-electron chi connectivity index (χ4n) is 2.85. The maximum absolute atomic E-state index is 12.5. The van der Waals surface area contributed by atoms with Gasteiger partial charge in [0.05, 0.1) is 5.41 Å². The highest BCUT2D eigenvalue weighted by molar-refractivity contribution is 9.10. The number of nitrogens with zero attached hydrogens (tertiary/aromatic N) is 1. The molecule has 3 heteroatoms. The largest absolute Gasteiger partial charge is 0.306 e. The molecule has 1 fully saturated rings. The minimum Gasteiger partial charge on any atom is -0.306 e. The van der Waals surface area contributed by atoms with Crippen LogP contribution in [0, 0.1) is 0 Å². The number of carbonyl (C=O) groups excluding carboxylic acids is 1. The van der Waals surface area contributed by atoms with E-state index >= 15 is 0 Å². The van der Waals surface area contributed by atoms with Crippen LogP contribution in [0.25, 0.3) is 0 Å². The predicted molar refractivity (Wildman–Crippen MR) is 77.8 cm³/mol. The van der Waals surface area contributed by atoms with E-state index in [0.29, 0.717) is 12.2 Å². The van der Waals surface area contributed by atoms with Crippen molar-refractivity contribution >= 4 is 21.7 Å². The lowest BCUT2D eigenvalue weighted by Crippen LogP contribution is -2.46. The van der Waals surface area contributed by atoms with Crippen LogP contribution in [0.5, 0.6) is 0 Å². The Morgan fingerprint density at radius 1 is 1.39 bits per heavy atom. The van der Waals surface area contributed by atoms with Crippen molar-refractivity contribution < 1.29 is 4.79 Å². The summed E-state index contributed by atoms with van der Waals surface area (Å²) in [6.07, 6.45) is 2.50. The zero-order chi connectivity index (χ0) is 13.2. The van der Waals surface area contributed by atoms with Crippen molar-refractivity contribution in [3.05, 3.63) is 34.3 Å². The Balaban J connectivity index is 2.39. The molecule has 1 aromatic rings. The van der Waals surface area contributed by atoms with Gasteiger partial charge in [0.15, 0.2) is 0 Å². The average molecular weight is 310 g/mol. The van der Waals surface area contributed by atoms with Crippen molar-refractivity contribution in [2.75, 3.05) is 20.1 Å². The number of hydrogen-bond donors (Lipinski definition) is 0. The third-order valence-corrected chi connectivity index (χ3v) is 4.57. The molecule has 0 saturated carbocycles. The summed E-state index contributed by atoms with van der Waals surface area (Å²) in [5.41, 5.74) is 0.919. The van der Waals surface area contributed by atoms with E-state index in [1.54, 1.807) is 0 Å². The molecule has 0 N–H and O–H groups in total. The van der Waals surface area contributed by atoms with Crippen LogP contribution in [-0.2, 0) is 10.2 Å².